The largest absolute Gasteiger partial charge is 0.343 e. The lowest BCUT2D eigenvalue weighted by Crippen LogP contribution is -2.46. The third kappa shape index (κ3) is 2.72. The number of thiophene rings is 1. The lowest BCUT2D eigenvalue weighted by Gasteiger charge is -2.37. The van der Waals surface area contributed by atoms with Crippen LogP contribution < -0.4 is 0 Å². The Balaban J connectivity index is 1.84. The van der Waals surface area contributed by atoms with Crippen LogP contribution in [0.3, 0.4) is 0 Å². The topological polar surface area (TPSA) is 59.2 Å². The highest BCUT2D eigenvalue weighted by Crippen LogP contribution is 2.42. The molecule has 0 bridgehead atoms. The Hall–Kier alpha value is -1.69. The van der Waals surface area contributed by atoms with Gasteiger partial charge in [0, 0.05) is 11.9 Å². The van der Waals surface area contributed by atoms with Gasteiger partial charge in [-0.1, -0.05) is 30.5 Å². The van der Waals surface area contributed by atoms with Crippen LogP contribution >= 0.6 is 11.3 Å². The van der Waals surface area contributed by atoms with Crippen molar-refractivity contribution in [2.45, 2.75) is 44.1 Å². The summed E-state index contributed by atoms with van der Waals surface area (Å²) in [6, 6.07) is 4.12. The Bertz CT molecular complexity index is 574. The summed E-state index contributed by atoms with van der Waals surface area (Å²) in [4.78, 5) is 20.0. The molecule has 1 amide bonds. The van der Waals surface area contributed by atoms with Crippen molar-refractivity contribution in [3.05, 3.63) is 34.6 Å². The molecule has 1 fully saturated rings. The quantitative estimate of drug-likeness (QED) is 0.871. The fourth-order valence-corrected chi connectivity index (χ4v) is 4.16. The smallest absolute Gasteiger partial charge is 0.234 e. The Morgan fingerprint density at radius 2 is 2.24 bits per heavy atom. The first-order valence-electron chi connectivity index (χ1n) is 7.27. The molecule has 0 aromatic carbocycles. The summed E-state index contributed by atoms with van der Waals surface area (Å²) in [6.45, 7) is 0.391. The first-order valence-corrected chi connectivity index (χ1v) is 8.15. The van der Waals surface area contributed by atoms with Crippen LogP contribution in [0.25, 0.3) is 0 Å². The molecule has 1 aliphatic carbocycles. The van der Waals surface area contributed by atoms with Gasteiger partial charge in [0.1, 0.15) is 0 Å². The maximum atomic E-state index is 13.1. The molecule has 0 aliphatic heterocycles. The van der Waals surface area contributed by atoms with Crippen molar-refractivity contribution in [1.29, 1.82) is 0 Å². The number of carbonyl (C=O) groups is 1. The average molecular weight is 305 g/mol. The zero-order valence-electron chi connectivity index (χ0n) is 12.1. The minimum Gasteiger partial charge on any atom is -0.343 e. The van der Waals surface area contributed by atoms with Gasteiger partial charge in [0.2, 0.25) is 12.3 Å². The van der Waals surface area contributed by atoms with Crippen LogP contribution in [0, 0.1) is 0 Å². The number of hydrogen-bond acceptors (Lipinski definition) is 5. The summed E-state index contributed by atoms with van der Waals surface area (Å²) < 4.78 is 4.74. The third-order valence-electron chi connectivity index (χ3n) is 4.24. The molecule has 0 radical (unpaired) electrons. The SMILES string of the molecule is CN(Cc1ncon1)C(=O)C1(c2cccs2)CCCCC1. The van der Waals surface area contributed by atoms with Crippen molar-refractivity contribution in [2.75, 3.05) is 7.05 Å². The Morgan fingerprint density at radius 3 is 2.86 bits per heavy atom. The van der Waals surface area contributed by atoms with Gasteiger partial charge in [-0.15, -0.1) is 11.3 Å². The molecule has 0 N–H and O–H groups in total. The van der Waals surface area contributed by atoms with E-state index >= 15 is 0 Å². The summed E-state index contributed by atoms with van der Waals surface area (Å²) >= 11 is 1.68. The number of rotatable bonds is 4. The molecule has 1 saturated carbocycles. The van der Waals surface area contributed by atoms with E-state index in [2.05, 4.69) is 21.6 Å². The zero-order chi connectivity index (χ0) is 14.7. The standard InChI is InChI=1S/C15H19N3O2S/c1-18(10-13-16-11-20-17-13)14(19)15(7-3-2-4-8-15)12-6-5-9-21-12/h5-6,9,11H,2-4,7-8,10H2,1H3. The normalized spacial score (nSPS) is 17.6. The van der Waals surface area contributed by atoms with E-state index in [1.807, 2.05) is 13.1 Å². The highest BCUT2D eigenvalue weighted by atomic mass is 32.1. The summed E-state index contributed by atoms with van der Waals surface area (Å²) in [7, 11) is 1.82. The molecule has 21 heavy (non-hydrogen) atoms. The number of amides is 1. The van der Waals surface area contributed by atoms with Gasteiger partial charge in [-0.25, -0.2) is 0 Å². The lowest BCUT2D eigenvalue weighted by molar-refractivity contribution is -0.138. The van der Waals surface area contributed by atoms with E-state index in [-0.39, 0.29) is 11.3 Å². The molecular formula is C15H19N3O2S. The lowest BCUT2D eigenvalue weighted by atomic mass is 9.72. The summed E-state index contributed by atoms with van der Waals surface area (Å²) in [5.74, 6) is 0.720. The molecule has 5 nitrogen and oxygen atoms in total. The molecule has 0 saturated heterocycles. The molecule has 2 heterocycles. The molecular weight excluding hydrogens is 286 g/mol. The van der Waals surface area contributed by atoms with E-state index in [0.717, 1.165) is 25.7 Å². The maximum Gasteiger partial charge on any atom is 0.234 e. The molecule has 2 aromatic heterocycles. The second kappa shape index (κ2) is 5.97. The van der Waals surface area contributed by atoms with Crippen LogP contribution in [0.2, 0.25) is 0 Å². The van der Waals surface area contributed by atoms with Crippen molar-refractivity contribution in [3.63, 3.8) is 0 Å². The number of hydrogen-bond donors (Lipinski definition) is 0. The van der Waals surface area contributed by atoms with Crippen molar-refractivity contribution in [3.8, 4) is 0 Å². The van der Waals surface area contributed by atoms with Crippen LogP contribution in [-0.4, -0.2) is 28.0 Å². The van der Waals surface area contributed by atoms with Crippen LogP contribution in [0.15, 0.2) is 28.4 Å². The van der Waals surface area contributed by atoms with E-state index in [0.29, 0.717) is 12.4 Å². The van der Waals surface area contributed by atoms with E-state index < -0.39 is 0 Å². The Morgan fingerprint density at radius 1 is 1.43 bits per heavy atom. The maximum absolute atomic E-state index is 13.1. The second-order valence-corrected chi connectivity index (χ2v) is 6.58. The third-order valence-corrected chi connectivity index (χ3v) is 5.32. The van der Waals surface area contributed by atoms with E-state index in [1.54, 1.807) is 16.2 Å². The van der Waals surface area contributed by atoms with Crippen molar-refractivity contribution in [1.82, 2.24) is 15.0 Å². The van der Waals surface area contributed by atoms with Crippen molar-refractivity contribution >= 4 is 17.2 Å². The van der Waals surface area contributed by atoms with Crippen molar-refractivity contribution < 1.29 is 9.32 Å². The molecule has 0 unspecified atom stereocenters. The van der Waals surface area contributed by atoms with Gasteiger partial charge in [0.25, 0.3) is 0 Å². The molecule has 3 rings (SSSR count). The van der Waals surface area contributed by atoms with Gasteiger partial charge < -0.3 is 9.42 Å². The van der Waals surface area contributed by atoms with Gasteiger partial charge >= 0.3 is 0 Å². The van der Waals surface area contributed by atoms with Crippen LogP contribution in [0.4, 0.5) is 0 Å². The van der Waals surface area contributed by atoms with Gasteiger partial charge in [-0.05, 0) is 24.3 Å². The molecule has 1 aliphatic rings. The Labute approximate surface area is 128 Å². The van der Waals surface area contributed by atoms with Crippen LogP contribution in [-0.2, 0) is 16.8 Å². The van der Waals surface area contributed by atoms with Gasteiger partial charge in [0.15, 0.2) is 5.82 Å². The predicted molar refractivity (Wildman–Crippen MR) is 79.9 cm³/mol. The highest BCUT2D eigenvalue weighted by Gasteiger charge is 2.43. The molecule has 6 heteroatoms. The number of likely N-dealkylation sites (N-methyl/N-ethyl adjacent to an activating group) is 1. The molecule has 0 spiro atoms. The minimum atomic E-state index is -0.356. The average Bonchev–Trinajstić information content (AvgIpc) is 3.20. The fraction of sp³-hybridized carbons (Fsp3) is 0.533. The molecule has 0 atom stereocenters. The van der Waals surface area contributed by atoms with E-state index in [1.165, 1.54) is 17.7 Å². The second-order valence-electron chi connectivity index (χ2n) is 5.63. The monoisotopic (exact) mass is 305 g/mol. The zero-order valence-corrected chi connectivity index (χ0v) is 12.9. The van der Waals surface area contributed by atoms with Gasteiger partial charge in [-0.3, -0.25) is 4.79 Å². The number of nitrogens with zero attached hydrogens (tertiary/aromatic N) is 3. The summed E-state index contributed by atoms with van der Waals surface area (Å²) in [5.41, 5.74) is -0.356. The summed E-state index contributed by atoms with van der Waals surface area (Å²) in [5, 5.41) is 5.85. The summed E-state index contributed by atoms with van der Waals surface area (Å²) in [6.07, 6.45) is 6.60. The number of aromatic nitrogens is 2. The first-order chi connectivity index (χ1) is 10.2. The van der Waals surface area contributed by atoms with Crippen molar-refractivity contribution in [2.24, 2.45) is 0 Å². The van der Waals surface area contributed by atoms with E-state index in [4.69, 9.17) is 4.52 Å². The predicted octanol–water partition coefficient (Wildman–Crippen LogP) is 2.99. The highest BCUT2D eigenvalue weighted by molar-refractivity contribution is 7.10. The first kappa shape index (κ1) is 14.3. The Kier molecular flexibility index (Phi) is 4.05. The van der Waals surface area contributed by atoms with Gasteiger partial charge in [0.05, 0.1) is 12.0 Å². The molecule has 112 valence electrons. The van der Waals surface area contributed by atoms with Crippen LogP contribution in [0.1, 0.15) is 42.8 Å². The van der Waals surface area contributed by atoms with E-state index in [9.17, 15) is 4.79 Å². The number of carbonyl (C=O) groups excluding carboxylic acids is 1. The fourth-order valence-electron chi connectivity index (χ4n) is 3.18. The molecule has 2 aromatic rings. The van der Waals surface area contributed by atoms with Gasteiger partial charge in [-0.2, -0.15) is 4.98 Å². The van der Waals surface area contributed by atoms with Crippen LogP contribution in [0.5, 0.6) is 0 Å². The minimum absolute atomic E-state index is 0.175.